The summed E-state index contributed by atoms with van der Waals surface area (Å²) in [6.45, 7) is 3.09. The Morgan fingerprint density at radius 2 is 2.25 bits per heavy atom. The maximum Gasteiger partial charge on any atom is 0.201 e. The summed E-state index contributed by atoms with van der Waals surface area (Å²) in [6, 6.07) is 7.06. The molecule has 0 amide bonds. The number of hydrogen-bond donors (Lipinski definition) is 1. The number of rotatable bonds is 5. The summed E-state index contributed by atoms with van der Waals surface area (Å²) in [6.07, 6.45) is 2.63. The van der Waals surface area contributed by atoms with E-state index >= 15 is 0 Å². The highest BCUT2D eigenvalue weighted by atomic mass is 16.5. The molecule has 2 aromatic rings. The highest BCUT2D eigenvalue weighted by Crippen LogP contribution is 2.29. The molecule has 20 heavy (non-hydrogen) atoms. The summed E-state index contributed by atoms with van der Waals surface area (Å²) < 4.78 is 7.38. The van der Waals surface area contributed by atoms with Crippen LogP contribution in [0.3, 0.4) is 0 Å². The third-order valence-electron chi connectivity index (χ3n) is 4.25. The Bertz CT molecular complexity index is 618. The highest BCUT2D eigenvalue weighted by molar-refractivity contribution is 5.79. The molecule has 1 fully saturated rings. The number of nitrogen functional groups attached to an aromatic ring is 1. The van der Waals surface area contributed by atoms with E-state index in [1.807, 2.05) is 18.2 Å². The first-order valence-electron chi connectivity index (χ1n) is 7.12. The molecule has 1 heterocycles. The molecule has 1 aliphatic carbocycles. The van der Waals surface area contributed by atoms with E-state index in [-0.39, 0.29) is 0 Å². The molecule has 0 radical (unpaired) electrons. The fourth-order valence-corrected chi connectivity index (χ4v) is 2.67. The van der Waals surface area contributed by atoms with Crippen LogP contribution < -0.4 is 10.5 Å². The Balaban J connectivity index is 1.90. The maximum absolute atomic E-state index is 6.08. The van der Waals surface area contributed by atoms with Crippen molar-refractivity contribution >= 4 is 17.0 Å². The van der Waals surface area contributed by atoms with Crippen molar-refractivity contribution in [3.8, 4) is 5.75 Å². The topological polar surface area (TPSA) is 56.3 Å². The number of methoxy groups -OCH3 is 1. The van der Waals surface area contributed by atoms with E-state index < -0.39 is 0 Å². The molecule has 1 unspecified atom stereocenters. The van der Waals surface area contributed by atoms with Gasteiger partial charge in [-0.05, 0) is 38.9 Å². The van der Waals surface area contributed by atoms with Crippen LogP contribution in [0.2, 0.25) is 0 Å². The fraction of sp³-hybridized carbons (Fsp3) is 0.533. The summed E-state index contributed by atoms with van der Waals surface area (Å²) in [5, 5.41) is 0. The molecule has 0 spiro atoms. The van der Waals surface area contributed by atoms with Crippen LogP contribution in [-0.4, -0.2) is 40.7 Å². The summed E-state index contributed by atoms with van der Waals surface area (Å²) in [7, 11) is 3.87. The van der Waals surface area contributed by atoms with Gasteiger partial charge in [0.1, 0.15) is 5.75 Å². The molecule has 1 aliphatic rings. The van der Waals surface area contributed by atoms with Crippen molar-refractivity contribution in [2.45, 2.75) is 38.4 Å². The third-order valence-corrected chi connectivity index (χ3v) is 4.25. The Hall–Kier alpha value is -1.75. The zero-order valence-corrected chi connectivity index (χ0v) is 12.3. The molecule has 1 aromatic carbocycles. The summed E-state index contributed by atoms with van der Waals surface area (Å²) in [5.74, 6) is 1.41. The van der Waals surface area contributed by atoms with E-state index in [4.69, 9.17) is 10.5 Å². The highest BCUT2D eigenvalue weighted by Gasteiger charge is 2.29. The molecular weight excluding hydrogens is 252 g/mol. The molecule has 5 nitrogen and oxygen atoms in total. The Labute approximate surface area is 119 Å². The van der Waals surface area contributed by atoms with Gasteiger partial charge in [-0.1, -0.05) is 0 Å². The van der Waals surface area contributed by atoms with Crippen LogP contribution in [0.15, 0.2) is 18.2 Å². The van der Waals surface area contributed by atoms with E-state index in [0.29, 0.717) is 12.0 Å². The minimum Gasteiger partial charge on any atom is -0.497 e. The van der Waals surface area contributed by atoms with Crippen LogP contribution in [-0.2, 0) is 6.54 Å². The second-order valence-electron chi connectivity index (χ2n) is 5.68. The quantitative estimate of drug-likeness (QED) is 0.907. The second kappa shape index (κ2) is 4.98. The van der Waals surface area contributed by atoms with Gasteiger partial charge in [-0.2, -0.15) is 0 Å². The monoisotopic (exact) mass is 274 g/mol. The van der Waals surface area contributed by atoms with Crippen molar-refractivity contribution < 1.29 is 4.74 Å². The maximum atomic E-state index is 6.08. The van der Waals surface area contributed by atoms with E-state index in [0.717, 1.165) is 29.4 Å². The summed E-state index contributed by atoms with van der Waals surface area (Å²) in [4.78, 5) is 6.86. The van der Waals surface area contributed by atoms with Crippen LogP contribution in [0.4, 0.5) is 5.95 Å². The molecule has 0 aliphatic heterocycles. The lowest BCUT2D eigenvalue weighted by molar-refractivity contribution is 0.228. The van der Waals surface area contributed by atoms with Gasteiger partial charge in [-0.3, -0.25) is 4.90 Å². The molecular formula is C15H22N4O. The number of nitrogens with two attached hydrogens (primary N) is 1. The molecule has 1 atom stereocenters. The van der Waals surface area contributed by atoms with Gasteiger partial charge in [0.15, 0.2) is 0 Å². The first-order chi connectivity index (χ1) is 9.60. The number of hydrogen-bond acceptors (Lipinski definition) is 4. The number of fused-ring (bicyclic) bond motifs is 1. The average molecular weight is 274 g/mol. The van der Waals surface area contributed by atoms with Crippen molar-refractivity contribution in [3.05, 3.63) is 18.2 Å². The van der Waals surface area contributed by atoms with Crippen LogP contribution >= 0.6 is 0 Å². The van der Waals surface area contributed by atoms with Gasteiger partial charge in [0, 0.05) is 24.7 Å². The summed E-state index contributed by atoms with van der Waals surface area (Å²) >= 11 is 0. The fourth-order valence-electron chi connectivity index (χ4n) is 2.67. The number of imidazole rings is 1. The first kappa shape index (κ1) is 13.2. The Kier molecular flexibility index (Phi) is 3.30. The van der Waals surface area contributed by atoms with Gasteiger partial charge in [0.25, 0.3) is 0 Å². The molecule has 0 saturated heterocycles. The molecule has 1 saturated carbocycles. The lowest BCUT2D eigenvalue weighted by Crippen LogP contribution is -2.34. The lowest BCUT2D eigenvalue weighted by atomic mass is 10.2. The zero-order valence-electron chi connectivity index (χ0n) is 12.3. The van der Waals surface area contributed by atoms with Crippen molar-refractivity contribution in [1.29, 1.82) is 0 Å². The van der Waals surface area contributed by atoms with E-state index in [9.17, 15) is 0 Å². The van der Waals surface area contributed by atoms with E-state index in [1.54, 1.807) is 7.11 Å². The van der Waals surface area contributed by atoms with Crippen LogP contribution in [0.5, 0.6) is 5.75 Å². The Morgan fingerprint density at radius 1 is 1.50 bits per heavy atom. The molecule has 0 bridgehead atoms. The lowest BCUT2D eigenvalue weighted by Gasteiger charge is -2.25. The predicted molar refractivity (Wildman–Crippen MR) is 80.9 cm³/mol. The van der Waals surface area contributed by atoms with Crippen LogP contribution in [0.1, 0.15) is 19.8 Å². The van der Waals surface area contributed by atoms with Gasteiger partial charge in [0.05, 0.1) is 18.1 Å². The zero-order chi connectivity index (χ0) is 14.3. The van der Waals surface area contributed by atoms with Gasteiger partial charge < -0.3 is 15.0 Å². The number of anilines is 1. The smallest absolute Gasteiger partial charge is 0.201 e. The van der Waals surface area contributed by atoms with Gasteiger partial charge in [-0.25, -0.2) is 4.98 Å². The molecule has 2 N–H and O–H groups in total. The molecule has 3 rings (SSSR count). The standard InChI is InChI=1S/C15H22N4O/c1-10(18(2)11-4-5-11)9-19-14-8-12(20-3)6-7-13(14)17-15(19)16/h6-8,10-11H,4-5,9H2,1-3H3,(H2,16,17). The van der Waals surface area contributed by atoms with Crippen molar-refractivity contribution in [3.63, 3.8) is 0 Å². The number of benzene rings is 1. The number of nitrogens with zero attached hydrogens (tertiary/aromatic N) is 3. The minimum absolute atomic E-state index is 0.438. The molecule has 5 heteroatoms. The predicted octanol–water partition coefficient (Wildman–Crippen LogP) is 2.11. The second-order valence-corrected chi connectivity index (χ2v) is 5.68. The number of ether oxygens (including phenoxy) is 1. The van der Waals surface area contributed by atoms with Crippen LogP contribution in [0, 0.1) is 0 Å². The molecule has 108 valence electrons. The third kappa shape index (κ3) is 2.33. The van der Waals surface area contributed by atoms with E-state index in [2.05, 4.69) is 28.4 Å². The van der Waals surface area contributed by atoms with E-state index in [1.165, 1.54) is 12.8 Å². The van der Waals surface area contributed by atoms with Crippen molar-refractivity contribution in [1.82, 2.24) is 14.5 Å². The van der Waals surface area contributed by atoms with Gasteiger partial charge in [0.2, 0.25) is 5.95 Å². The van der Waals surface area contributed by atoms with Crippen LogP contribution in [0.25, 0.3) is 11.0 Å². The SMILES string of the molecule is COc1ccc2nc(N)n(CC(C)N(C)C3CC3)c2c1. The number of aromatic nitrogens is 2. The first-order valence-corrected chi connectivity index (χ1v) is 7.12. The number of likely N-dealkylation sites (N-methyl/N-ethyl adjacent to an activating group) is 1. The van der Waals surface area contributed by atoms with Gasteiger partial charge >= 0.3 is 0 Å². The van der Waals surface area contributed by atoms with Crippen molar-refractivity contribution in [2.24, 2.45) is 0 Å². The Morgan fingerprint density at radius 3 is 2.90 bits per heavy atom. The van der Waals surface area contributed by atoms with Gasteiger partial charge in [-0.15, -0.1) is 0 Å². The largest absolute Gasteiger partial charge is 0.497 e. The molecule has 1 aromatic heterocycles. The summed E-state index contributed by atoms with van der Waals surface area (Å²) in [5.41, 5.74) is 8.04. The minimum atomic E-state index is 0.438. The van der Waals surface area contributed by atoms with Crippen molar-refractivity contribution in [2.75, 3.05) is 19.9 Å². The average Bonchev–Trinajstić information content (AvgIpc) is 3.24. The normalized spacial score (nSPS) is 16.8.